The summed E-state index contributed by atoms with van der Waals surface area (Å²) in [5, 5.41) is 2.62. The van der Waals surface area contributed by atoms with Crippen molar-refractivity contribution in [2.75, 3.05) is 6.54 Å². The lowest BCUT2D eigenvalue weighted by atomic mass is 10.1. The van der Waals surface area contributed by atoms with Gasteiger partial charge in [0.1, 0.15) is 17.9 Å². The van der Waals surface area contributed by atoms with Gasteiger partial charge in [-0.2, -0.15) is 0 Å². The first-order chi connectivity index (χ1) is 14.3. The van der Waals surface area contributed by atoms with Crippen LogP contribution in [0.3, 0.4) is 0 Å². The lowest BCUT2D eigenvalue weighted by Crippen LogP contribution is -2.53. The molecule has 0 unspecified atom stereocenters. The van der Waals surface area contributed by atoms with E-state index < -0.39 is 11.8 Å². The first-order valence-electron chi connectivity index (χ1n) is 8.66. The number of carbonyl (C=O) groups is 2. The molecule has 1 N–H and O–H groups in total. The number of thiocarbonyl (C=S) groups is 1. The standard InChI is InChI=1S/C21H15Br2IN2O3S/c1-2-7-26-20(28)15(19(27)25-21(26)30)8-13-9-16(23)18(17(24)10-13)29-11-12-3-5-14(22)6-4-12/h2-6,8-10H,1,7,11H2,(H,25,27,30)/b15-8+. The van der Waals surface area contributed by atoms with Crippen LogP contribution >= 0.6 is 66.7 Å². The molecular formula is C21H15Br2IN2O3S. The molecule has 0 aliphatic carbocycles. The highest BCUT2D eigenvalue weighted by Gasteiger charge is 2.32. The molecule has 0 aromatic heterocycles. The number of benzene rings is 2. The third-order valence-corrected chi connectivity index (χ3v) is 6.37. The van der Waals surface area contributed by atoms with Crippen molar-refractivity contribution in [3.8, 4) is 5.75 Å². The van der Waals surface area contributed by atoms with E-state index in [1.54, 1.807) is 18.2 Å². The van der Waals surface area contributed by atoms with Gasteiger partial charge in [0.15, 0.2) is 5.11 Å². The molecule has 0 bridgehead atoms. The van der Waals surface area contributed by atoms with Gasteiger partial charge in [-0.15, -0.1) is 6.58 Å². The van der Waals surface area contributed by atoms with E-state index in [-0.39, 0.29) is 17.2 Å². The third kappa shape index (κ3) is 5.37. The molecule has 1 saturated heterocycles. The molecular weight excluding hydrogens is 647 g/mol. The van der Waals surface area contributed by atoms with Crippen molar-refractivity contribution in [1.82, 2.24) is 10.2 Å². The molecule has 9 heteroatoms. The van der Waals surface area contributed by atoms with E-state index in [1.807, 2.05) is 30.3 Å². The Morgan fingerprint density at radius 3 is 2.53 bits per heavy atom. The van der Waals surface area contributed by atoms with Crippen LogP contribution in [0.2, 0.25) is 0 Å². The van der Waals surface area contributed by atoms with Crippen LogP contribution in [0.5, 0.6) is 5.75 Å². The van der Waals surface area contributed by atoms with Gasteiger partial charge >= 0.3 is 0 Å². The number of ether oxygens (including phenoxy) is 1. The Bertz CT molecular complexity index is 1050. The Balaban J connectivity index is 1.84. The largest absolute Gasteiger partial charge is 0.487 e. The fourth-order valence-electron chi connectivity index (χ4n) is 2.69. The van der Waals surface area contributed by atoms with Crippen LogP contribution in [-0.2, 0) is 16.2 Å². The molecule has 0 saturated carbocycles. The number of carbonyl (C=O) groups excluding carboxylic acids is 2. The summed E-state index contributed by atoms with van der Waals surface area (Å²) in [4.78, 5) is 26.3. The molecule has 0 radical (unpaired) electrons. The van der Waals surface area contributed by atoms with Crippen LogP contribution < -0.4 is 10.1 Å². The number of halogens is 3. The molecule has 30 heavy (non-hydrogen) atoms. The summed E-state index contributed by atoms with van der Waals surface area (Å²) in [5.74, 6) is -0.285. The average Bonchev–Trinajstić information content (AvgIpc) is 2.69. The van der Waals surface area contributed by atoms with Gasteiger partial charge in [0, 0.05) is 11.0 Å². The second-order valence-corrected chi connectivity index (χ2v) is 9.57. The summed E-state index contributed by atoms with van der Waals surface area (Å²) in [6, 6.07) is 11.5. The minimum atomic E-state index is -0.521. The zero-order chi connectivity index (χ0) is 21.8. The van der Waals surface area contributed by atoms with Gasteiger partial charge in [0.2, 0.25) is 0 Å². The van der Waals surface area contributed by atoms with Crippen LogP contribution in [0.4, 0.5) is 0 Å². The Morgan fingerprint density at radius 1 is 1.20 bits per heavy atom. The number of nitrogens with zero attached hydrogens (tertiary/aromatic N) is 1. The summed E-state index contributed by atoms with van der Waals surface area (Å²) >= 11 is 14.2. The smallest absolute Gasteiger partial charge is 0.265 e. The van der Waals surface area contributed by atoms with E-state index in [2.05, 4.69) is 66.3 Å². The fraction of sp³-hybridized carbons (Fsp3) is 0.0952. The minimum Gasteiger partial charge on any atom is -0.487 e. The lowest BCUT2D eigenvalue weighted by molar-refractivity contribution is -0.128. The van der Waals surface area contributed by atoms with Crippen molar-refractivity contribution in [1.29, 1.82) is 0 Å². The van der Waals surface area contributed by atoms with E-state index >= 15 is 0 Å². The SMILES string of the molecule is C=CCN1C(=O)/C(=C/c2cc(Br)c(OCc3ccc(Br)cc3)c(I)c2)C(=O)NC1=S. The van der Waals surface area contributed by atoms with Crippen molar-refractivity contribution in [3.63, 3.8) is 0 Å². The molecule has 1 aliphatic rings. The Labute approximate surface area is 209 Å². The summed E-state index contributed by atoms with van der Waals surface area (Å²) in [6.45, 7) is 4.25. The number of amides is 2. The maximum Gasteiger partial charge on any atom is 0.265 e. The highest BCUT2D eigenvalue weighted by atomic mass is 127. The second-order valence-electron chi connectivity index (χ2n) is 6.25. The van der Waals surface area contributed by atoms with Crippen LogP contribution in [0.25, 0.3) is 6.08 Å². The Hall–Kier alpha value is -1.56. The summed E-state index contributed by atoms with van der Waals surface area (Å²) < 4.78 is 8.54. The molecule has 154 valence electrons. The molecule has 3 rings (SSSR count). The van der Waals surface area contributed by atoms with Gasteiger partial charge in [-0.25, -0.2) is 0 Å². The van der Waals surface area contributed by atoms with Crippen molar-refractivity contribution in [3.05, 3.63) is 78.3 Å². The number of rotatable bonds is 6. The Kier molecular flexibility index (Phi) is 7.83. The first kappa shape index (κ1) is 23.1. The molecule has 2 aromatic carbocycles. The number of hydrogen-bond acceptors (Lipinski definition) is 4. The van der Waals surface area contributed by atoms with E-state index in [4.69, 9.17) is 17.0 Å². The van der Waals surface area contributed by atoms with Gasteiger partial charge < -0.3 is 4.74 Å². The van der Waals surface area contributed by atoms with Crippen LogP contribution in [0, 0.1) is 3.57 Å². The van der Waals surface area contributed by atoms with Crippen molar-refractivity contribution in [2.45, 2.75) is 6.61 Å². The van der Waals surface area contributed by atoms with Crippen molar-refractivity contribution in [2.24, 2.45) is 0 Å². The van der Waals surface area contributed by atoms with E-state index in [0.717, 1.165) is 18.1 Å². The van der Waals surface area contributed by atoms with Crippen LogP contribution in [0.1, 0.15) is 11.1 Å². The normalized spacial score (nSPS) is 15.4. The van der Waals surface area contributed by atoms with Gasteiger partial charge in [-0.05, 0) is 92.2 Å². The highest BCUT2D eigenvalue weighted by molar-refractivity contribution is 14.1. The second kappa shape index (κ2) is 10.2. The molecule has 5 nitrogen and oxygen atoms in total. The van der Waals surface area contributed by atoms with Gasteiger partial charge in [0.25, 0.3) is 11.8 Å². The third-order valence-electron chi connectivity index (χ3n) is 4.13. The monoisotopic (exact) mass is 660 g/mol. The molecule has 2 amide bonds. The summed E-state index contributed by atoms with van der Waals surface area (Å²) in [5.41, 5.74) is 1.73. The predicted molar refractivity (Wildman–Crippen MR) is 136 cm³/mol. The average molecular weight is 662 g/mol. The lowest BCUT2D eigenvalue weighted by Gasteiger charge is -2.27. The molecule has 1 aliphatic heterocycles. The molecule has 0 atom stereocenters. The zero-order valence-electron chi connectivity index (χ0n) is 15.5. The Morgan fingerprint density at radius 2 is 1.90 bits per heavy atom. The topological polar surface area (TPSA) is 58.6 Å². The summed E-state index contributed by atoms with van der Waals surface area (Å²) in [6.07, 6.45) is 3.09. The van der Waals surface area contributed by atoms with E-state index in [0.29, 0.717) is 17.9 Å². The highest BCUT2D eigenvalue weighted by Crippen LogP contribution is 2.33. The van der Waals surface area contributed by atoms with E-state index in [1.165, 1.54) is 4.90 Å². The molecule has 1 heterocycles. The predicted octanol–water partition coefficient (Wildman–Crippen LogP) is 5.21. The maximum absolute atomic E-state index is 12.7. The van der Waals surface area contributed by atoms with Crippen molar-refractivity contribution >= 4 is 89.7 Å². The van der Waals surface area contributed by atoms with Gasteiger partial charge in [-0.1, -0.05) is 34.1 Å². The maximum atomic E-state index is 12.7. The minimum absolute atomic E-state index is 0.0108. The van der Waals surface area contributed by atoms with Crippen LogP contribution in [-0.4, -0.2) is 28.4 Å². The zero-order valence-corrected chi connectivity index (χ0v) is 21.6. The van der Waals surface area contributed by atoms with Gasteiger partial charge in [0.05, 0.1) is 8.04 Å². The number of nitrogens with one attached hydrogen (secondary N) is 1. The number of hydrogen-bond donors (Lipinski definition) is 1. The quantitative estimate of drug-likeness (QED) is 0.152. The molecule has 1 fully saturated rings. The first-order valence-corrected chi connectivity index (χ1v) is 11.7. The summed E-state index contributed by atoms with van der Waals surface area (Å²) in [7, 11) is 0. The molecule has 0 spiro atoms. The molecule has 2 aromatic rings. The van der Waals surface area contributed by atoms with Crippen molar-refractivity contribution < 1.29 is 14.3 Å². The van der Waals surface area contributed by atoms with Gasteiger partial charge in [-0.3, -0.25) is 19.8 Å². The van der Waals surface area contributed by atoms with E-state index in [9.17, 15) is 9.59 Å². The van der Waals surface area contributed by atoms with Crippen LogP contribution in [0.15, 0.2) is 63.6 Å². The fourth-order valence-corrected chi connectivity index (χ4v) is 4.98.